The Morgan fingerprint density at radius 2 is 2.25 bits per heavy atom. The van der Waals surface area contributed by atoms with Crippen LogP contribution >= 0.6 is 27.5 Å². The molecule has 0 bridgehead atoms. The Balaban J connectivity index is 3.01. The van der Waals surface area contributed by atoms with E-state index in [9.17, 15) is 4.79 Å². The number of benzene rings is 1. The van der Waals surface area contributed by atoms with Crippen LogP contribution in [0.4, 0.5) is 0 Å². The summed E-state index contributed by atoms with van der Waals surface area (Å²) in [7, 11) is 1.47. The van der Waals surface area contributed by atoms with Gasteiger partial charge in [0.05, 0.1) is 12.1 Å². The summed E-state index contributed by atoms with van der Waals surface area (Å²) in [5.74, 6) is -0.401. The number of rotatable bonds is 5. The molecule has 0 heterocycles. The fraction of sp³-hybridized carbons (Fsp3) is 0.300. The second-order valence-corrected chi connectivity index (χ2v) is 3.89. The molecule has 1 N–H and O–H groups in total. The van der Waals surface area contributed by atoms with Crippen LogP contribution < -0.4 is 9.47 Å². The number of alkyl halides is 1. The van der Waals surface area contributed by atoms with Gasteiger partial charge in [0.15, 0.2) is 18.1 Å². The third-order valence-corrected chi connectivity index (χ3v) is 2.71. The van der Waals surface area contributed by atoms with Gasteiger partial charge in [-0.15, -0.1) is 0 Å². The van der Waals surface area contributed by atoms with Gasteiger partial charge in [0.25, 0.3) is 0 Å². The van der Waals surface area contributed by atoms with Gasteiger partial charge in [-0.3, -0.25) is 0 Å². The van der Waals surface area contributed by atoms with Crippen molar-refractivity contribution in [3.8, 4) is 11.5 Å². The summed E-state index contributed by atoms with van der Waals surface area (Å²) in [6.07, 6.45) is 0. The first kappa shape index (κ1) is 13.1. The summed E-state index contributed by atoms with van der Waals surface area (Å²) in [4.78, 5) is 10.4. The molecule has 0 saturated carbocycles. The Bertz CT molecular complexity index is 395. The van der Waals surface area contributed by atoms with Gasteiger partial charge in [-0.05, 0) is 17.7 Å². The molecule has 1 aromatic rings. The van der Waals surface area contributed by atoms with Gasteiger partial charge in [0.2, 0.25) is 0 Å². The molecule has 0 aliphatic rings. The van der Waals surface area contributed by atoms with Crippen molar-refractivity contribution in [1.82, 2.24) is 0 Å². The smallest absolute Gasteiger partial charge is 0.341 e. The summed E-state index contributed by atoms with van der Waals surface area (Å²) in [6, 6.07) is 3.42. The van der Waals surface area contributed by atoms with Crippen molar-refractivity contribution in [2.75, 3.05) is 13.7 Å². The average molecular weight is 310 g/mol. The second kappa shape index (κ2) is 5.96. The fourth-order valence-electron chi connectivity index (χ4n) is 1.12. The normalized spacial score (nSPS) is 9.94. The van der Waals surface area contributed by atoms with Gasteiger partial charge in [-0.1, -0.05) is 27.5 Å². The summed E-state index contributed by atoms with van der Waals surface area (Å²) in [5.41, 5.74) is 0.921. The molecule has 0 atom stereocenters. The van der Waals surface area contributed by atoms with Gasteiger partial charge in [0.1, 0.15) is 0 Å². The SMILES string of the molecule is COc1cc(CBr)cc(Cl)c1OCC(=O)O. The van der Waals surface area contributed by atoms with E-state index in [-0.39, 0.29) is 5.75 Å². The molecule has 0 aliphatic heterocycles. The van der Waals surface area contributed by atoms with E-state index in [4.69, 9.17) is 26.2 Å². The summed E-state index contributed by atoms with van der Waals surface area (Å²) < 4.78 is 10.1. The lowest BCUT2D eigenvalue weighted by atomic mass is 10.2. The van der Waals surface area contributed by atoms with E-state index < -0.39 is 12.6 Å². The molecule has 0 radical (unpaired) electrons. The zero-order valence-corrected chi connectivity index (χ0v) is 10.8. The number of methoxy groups -OCH3 is 1. The van der Waals surface area contributed by atoms with Crippen LogP contribution in [0.25, 0.3) is 0 Å². The van der Waals surface area contributed by atoms with E-state index in [0.717, 1.165) is 5.56 Å². The summed E-state index contributed by atoms with van der Waals surface area (Å²) in [5, 5.41) is 9.47. The Hall–Kier alpha value is -0.940. The highest BCUT2D eigenvalue weighted by molar-refractivity contribution is 9.08. The predicted molar refractivity (Wildman–Crippen MR) is 63.8 cm³/mol. The maximum absolute atomic E-state index is 10.4. The van der Waals surface area contributed by atoms with Crippen molar-refractivity contribution in [2.45, 2.75) is 5.33 Å². The van der Waals surface area contributed by atoms with Gasteiger partial charge < -0.3 is 14.6 Å². The molecular formula is C10H10BrClO4. The predicted octanol–water partition coefficient (Wildman–Crippen LogP) is 2.71. The molecular weight excluding hydrogens is 299 g/mol. The molecule has 0 amide bonds. The van der Waals surface area contributed by atoms with E-state index in [1.807, 2.05) is 0 Å². The minimum absolute atomic E-state index is 0.247. The molecule has 0 fully saturated rings. The van der Waals surface area contributed by atoms with Crippen molar-refractivity contribution in [1.29, 1.82) is 0 Å². The number of carbonyl (C=O) groups is 1. The first-order chi connectivity index (χ1) is 7.58. The van der Waals surface area contributed by atoms with Crippen molar-refractivity contribution in [3.05, 3.63) is 22.7 Å². The Kier molecular flexibility index (Phi) is 4.89. The first-order valence-electron chi connectivity index (χ1n) is 4.35. The minimum atomic E-state index is -1.07. The van der Waals surface area contributed by atoms with E-state index in [0.29, 0.717) is 16.1 Å². The average Bonchev–Trinajstić information content (AvgIpc) is 2.26. The van der Waals surface area contributed by atoms with Crippen molar-refractivity contribution >= 4 is 33.5 Å². The van der Waals surface area contributed by atoms with Crippen molar-refractivity contribution in [2.24, 2.45) is 0 Å². The molecule has 88 valence electrons. The van der Waals surface area contributed by atoms with Crippen LogP contribution in [0.1, 0.15) is 5.56 Å². The van der Waals surface area contributed by atoms with Crippen LogP contribution in [0.3, 0.4) is 0 Å². The minimum Gasteiger partial charge on any atom is -0.493 e. The second-order valence-electron chi connectivity index (χ2n) is 2.93. The van der Waals surface area contributed by atoms with Gasteiger partial charge in [-0.25, -0.2) is 4.79 Å². The molecule has 0 spiro atoms. The monoisotopic (exact) mass is 308 g/mol. The van der Waals surface area contributed by atoms with E-state index >= 15 is 0 Å². The van der Waals surface area contributed by atoms with Crippen LogP contribution in [0, 0.1) is 0 Å². The van der Waals surface area contributed by atoms with E-state index in [1.165, 1.54) is 7.11 Å². The number of hydrogen-bond acceptors (Lipinski definition) is 3. The Labute approximate surface area is 106 Å². The van der Waals surface area contributed by atoms with Gasteiger partial charge in [0, 0.05) is 5.33 Å². The highest BCUT2D eigenvalue weighted by atomic mass is 79.9. The van der Waals surface area contributed by atoms with Crippen molar-refractivity contribution < 1.29 is 19.4 Å². The molecule has 0 aromatic heterocycles. The lowest BCUT2D eigenvalue weighted by Gasteiger charge is -2.12. The largest absolute Gasteiger partial charge is 0.493 e. The van der Waals surface area contributed by atoms with Gasteiger partial charge >= 0.3 is 5.97 Å². The summed E-state index contributed by atoms with van der Waals surface area (Å²) in [6.45, 7) is -0.455. The number of carboxylic acids is 1. The fourth-order valence-corrected chi connectivity index (χ4v) is 1.74. The maximum Gasteiger partial charge on any atom is 0.341 e. The zero-order valence-electron chi connectivity index (χ0n) is 8.50. The standard InChI is InChI=1S/C10H10BrClO4/c1-15-8-3-6(4-11)2-7(12)10(8)16-5-9(13)14/h2-3H,4-5H2,1H3,(H,13,14). The Morgan fingerprint density at radius 3 is 2.75 bits per heavy atom. The maximum atomic E-state index is 10.4. The van der Waals surface area contributed by atoms with Crippen LogP contribution in [0.2, 0.25) is 5.02 Å². The van der Waals surface area contributed by atoms with Crippen LogP contribution in [0.15, 0.2) is 12.1 Å². The number of hydrogen-bond donors (Lipinski definition) is 1. The van der Waals surface area contributed by atoms with Crippen molar-refractivity contribution in [3.63, 3.8) is 0 Å². The number of ether oxygens (including phenoxy) is 2. The molecule has 6 heteroatoms. The number of aliphatic carboxylic acids is 1. The van der Waals surface area contributed by atoms with Gasteiger partial charge in [-0.2, -0.15) is 0 Å². The number of carboxylic acid groups (broad SMARTS) is 1. The molecule has 16 heavy (non-hydrogen) atoms. The highest BCUT2D eigenvalue weighted by Crippen LogP contribution is 2.36. The van der Waals surface area contributed by atoms with E-state index in [1.54, 1.807) is 12.1 Å². The first-order valence-corrected chi connectivity index (χ1v) is 5.85. The molecule has 1 aromatic carbocycles. The molecule has 0 aliphatic carbocycles. The summed E-state index contributed by atoms with van der Waals surface area (Å²) >= 11 is 9.25. The molecule has 1 rings (SSSR count). The topological polar surface area (TPSA) is 55.8 Å². The molecule has 4 nitrogen and oxygen atoms in total. The zero-order chi connectivity index (χ0) is 12.1. The van der Waals surface area contributed by atoms with E-state index in [2.05, 4.69) is 15.9 Å². The quantitative estimate of drug-likeness (QED) is 0.850. The highest BCUT2D eigenvalue weighted by Gasteiger charge is 2.12. The van der Waals surface area contributed by atoms with Crippen LogP contribution in [-0.2, 0) is 10.1 Å². The lowest BCUT2D eigenvalue weighted by molar-refractivity contribution is -0.139. The third kappa shape index (κ3) is 3.28. The third-order valence-electron chi connectivity index (χ3n) is 1.78. The lowest BCUT2D eigenvalue weighted by Crippen LogP contribution is -2.10. The van der Waals surface area contributed by atoms with Crippen LogP contribution in [-0.4, -0.2) is 24.8 Å². The molecule has 0 saturated heterocycles. The molecule has 0 unspecified atom stereocenters. The Morgan fingerprint density at radius 1 is 1.56 bits per heavy atom. The number of halogens is 2. The van der Waals surface area contributed by atoms with Crippen LogP contribution in [0.5, 0.6) is 11.5 Å².